The number of aryl methyl sites for hydroxylation is 1. The van der Waals surface area contributed by atoms with Crippen molar-refractivity contribution in [3.8, 4) is 23.4 Å². The van der Waals surface area contributed by atoms with Gasteiger partial charge in [0.05, 0.1) is 30.1 Å². The topological polar surface area (TPSA) is 115 Å². The molecule has 0 aliphatic rings. The zero-order valence-corrected chi connectivity index (χ0v) is 24.6. The Morgan fingerprint density at radius 1 is 1.21 bits per heavy atom. The van der Waals surface area contributed by atoms with Gasteiger partial charge in [-0.1, -0.05) is 29.8 Å². The number of benzene rings is 2. The molecule has 38 heavy (non-hydrogen) atoms. The number of aromatic nitrogens is 1. The van der Waals surface area contributed by atoms with Crippen LogP contribution in [0.15, 0.2) is 50.4 Å². The molecule has 0 fully saturated rings. The summed E-state index contributed by atoms with van der Waals surface area (Å²) in [6.45, 7) is 1.80. The summed E-state index contributed by atoms with van der Waals surface area (Å²) in [5.74, 6) is 0.475. The van der Waals surface area contributed by atoms with E-state index < -0.39 is 12.5 Å². The van der Waals surface area contributed by atoms with Crippen LogP contribution in [0.5, 0.6) is 17.4 Å². The van der Waals surface area contributed by atoms with Crippen LogP contribution in [0.1, 0.15) is 27.9 Å². The van der Waals surface area contributed by atoms with E-state index in [0.717, 1.165) is 5.56 Å². The Labute approximate surface area is 242 Å². The van der Waals surface area contributed by atoms with Crippen LogP contribution in [-0.4, -0.2) is 37.9 Å². The maximum Gasteiger partial charge on any atom is 0.278 e. The number of hydrazone groups is 1. The van der Waals surface area contributed by atoms with Crippen molar-refractivity contribution in [2.45, 2.75) is 20.1 Å². The van der Waals surface area contributed by atoms with E-state index in [4.69, 9.17) is 30.5 Å². The highest BCUT2D eigenvalue weighted by Gasteiger charge is 2.18. The first-order valence-corrected chi connectivity index (χ1v) is 13.0. The Balaban J connectivity index is 1.64. The summed E-state index contributed by atoms with van der Waals surface area (Å²) in [6.07, 6.45) is 1.45. The second-order valence-corrected chi connectivity index (χ2v) is 9.77. The standard InChI is InChI=1S/C26H23Br2ClN4O5/c1-15-24(28)19(13-35-2)18(10-30)26(32-15)38-14-23(34)33-31-11-16-8-20(27)25(22(9-16)36-3)37-12-17-6-4-5-7-21(17)29/h4-9,11H,12-14H2,1-3H3,(H,33,34)/b31-11+. The quantitative estimate of drug-likeness (QED) is 0.206. The molecular weight excluding hydrogens is 644 g/mol. The van der Waals surface area contributed by atoms with Crippen molar-refractivity contribution >= 4 is 55.6 Å². The molecule has 0 aliphatic carbocycles. The lowest BCUT2D eigenvalue weighted by molar-refractivity contribution is -0.123. The first kappa shape index (κ1) is 29.4. The summed E-state index contributed by atoms with van der Waals surface area (Å²) in [7, 11) is 3.04. The molecule has 198 valence electrons. The number of amides is 1. The first-order valence-electron chi connectivity index (χ1n) is 11.0. The van der Waals surface area contributed by atoms with Gasteiger partial charge in [-0.25, -0.2) is 10.4 Å². The number of nitriles is 1. The highest BCUT2D eigenvalue weighted by Crippen LogP contribution is 2.37. The van der Waals surface area contributed by atoms with Crippen molar-refractivity contribution in [1.29, 1.82) is 5.26 Å². The normalized spacial score (nSPS) is 10.8. The van der Waals surface area contributed by atoms with Crippen LogP contribution in [0.4, 0.5) is 0 Å². The zero-order chi connectivity index (χ0) is 27.7. The van der Waals surface area contributed by atoms with E-state index in [9.17, 15) is 10.1 Å². The number of nitrogens with one attached hydrogen (secondary N) is 1. The number of halogens is 3. The van der Waals surface area contributed by atoms with Gasteiger partial charge in [-0.3, -0.25) is 4.79 Å². The maximum atomic E-state index is 12.3. The molecule has 3 rings (SSSR count). The van der Waals surface area contributed by atoms with Gasteiger partial charge in [-0.15, -0.1) is 0 Å². The average Bonchev–Trinajstić information content (AvgIpc) is 2.90. The van der Waals surface area contributed by atoms with Crippen LogP contribution in [0.2, 0.25) is 5.02 Å². The number of pyridine rings is 1. The van der Waals surface area contributed by atoms with Gasteiger partial charge in [-0.2, -0.15) is 10.4 Å². The van der Waals surface area contributed by atoms with Crippen LogP contribution in [0.25, 0.3) is 0 Å². The van der Waals surface area contributed by atoms with E-state index in [1.807, 2.05) is 18.2 Å². The van der Waals surface area contributed by atoms with Gasteiger partial charge in [0.15, 0.2) is 18.1 Å². The summed E-state index contributed by atoms with van der Waals surface area (Å²) in [5, 5.41) is 14.1. The molecule has 0 unspecified atom stereocenters. The third-order valence-corrected chi connectivity index (χ3v) is 7.10. The minimum atomic E-state index is -0.536. The monoisotopic (exact) mass is 664 g/mol. The Morgan fingerprint density at radius 2 is 1.97 bits per heavy atom. The van der Waals surface area contributed by atoms with Crippen molar-refractivity contribution < 1.29 is 23.7 Å². The fraction of sp³-hybridized carbons (Fsp3) is 0.231. The number of ether oxygens (including phenoxy) is 4. The summed E-state index contributed by atoms with van der Waals surface area (Å²) in [6, 6.07) is 12.9. The summed E-state index contributed by atoms with van der Waals surface area (Å²) in [4.78, 5) is 16.6. The molecule has 0 bridgehead atoms. The second kappa shape index (κ2) is 14.1. The number of carbonyl (C=O) groups is 1. The lowest BCUT2D eigenvalue weighted by Gasteiger charge is -2.14. The molecule has 1 N–H and O–H groups in total. The number of hydrogen-bond acceptors (Lipinski definition) is 8. The van der Waals surface area contributed by atoms with Crippen LogP contribution in [-0.2, 0) is 22.7 Å². The fourth-order valence-electron chi connectivity index (χ4n) is 3.28. The molecule has 12 heteroatoms. The first-order chi connectivity index (χ1) is 18.3. The minimum Gasteiger partial charge on any atom is -0.493 e. The molecule has 0 spiro atoms. The Bertz CT molecular complexity index is 1400. The van der Waals surface area contributed by atoms with Gasteiger partial charge in [0.25, 0.3) is 5.91 Å². The van der Waals surface area contributed by atoms with Crippen LogP contribution in [0, 0.1) is 18.3 Å². The zero-order valence-electron chi connectivity index (χ0n) is 20.7. The van der Waals surface area contributed by atoms with E-state index in [1.54, 1.807) is 25.1 Å². The molecule has 1 amide bonds. The number of methoxy groups -OCH3 is 2. The SMILES string of the molecule is COCc1c(Br)c(C)nc(OCC(=O)N/N=C/c2cc(Br)c(OCc3ccccc3Cl)c(OC)c2)c1C#N. The number of hydrogen-bond donors (Lipinski definition) is 1. The van der Waals surface area contributed by atoms with E-state index in [1.165, 1.54) is 20.4 Å². The molecule has 9 nitrogen and oxygen atoms in total. The van der Waals surface area contributed by atoms with E-state index in [2.05, 4.69) is 53.4 Å². The number of rotatable bonds is 11. The summed E-state index contributed by atoms with van der Waals surface area (Å²) >= 11 is 13.1. The van der Waals surface area contributed by atoms with Gasteiger partial charge < -0.3 is 18.9 Å². The van der Waals surface area contributed by atoms with Crippen LogP contribution in [0.3, 0.4) is 0 Å². The molecule has 0 aliphatic heterocycles. The number of nitrogens with zero attached hydrogens (tertiary/aromatic N) is 3. The Kier molecular flexibility index (Phi) is 10.9. The van der Waals surface area contributed by atoms with Crippen LogP contribution >= 0.6 is 43.5 Å². The summed E-state index contributed by atoms with van der Waals surface area (Å²) in [5.41, 5.74) is 5.25. The third kappa shape index (κ3) is 7.45. The molecule has 3 aromatic rings. The Morgan fingerprint density at radius 3 is 2.66 bits per heavy atom. The van der Waals surface area contributed by atoms with Crippen molar-refractivity contribution in [2.24, 2.45) is 5.10 Å². The van der Waals surface area contributed by atoms with Gasteiger partial charge in [0.1, 0.15) is 18.2 Å². The molecule has 1 aromatic heterocycles. The fourth-order valence-corrected chi connectivity index (χ4v) is 4.44. The van der Waals surface area contributed by atoms with Gasteiger partial charge in [-0.05, 0) is 62.5 Å². The lowest BCUT2D eigenvalue weighted by atomic mass is 10.1. The molecule has 0 saturated heterocycles. The largest absolute Gasteiger partial charge is 0.493 e. The smallest absolute Gasteiger partial charge is 0.278 e. The summed E-state index contributed by atoms with van der Waals surface area (Å²) < 4.78 is 23.4. The predicted molar refractivity (Wildman–Crippen MR) is 150 cm³/mol. The van der Waals surface area contributed by atoms with Gasteiger partial charge in [0, 0.05) is 27.7 Å². The van der Waals surface area contributed by atoms with Crippen molar-refractivity contribution in [3.63, 3.8) is 0 Å². The van der Waals surface area contributed by atoms with Crippen molar-refractivity contribution in [3.05, 3.63) is 78.3 Å². The highest BCUT2D eigenvalue weighted by atomic mass is 79.9. The second-order valence-electron chi connectivity index (χ2n) is 7.71. The van der Waals surface area contributed by atoms with Gasteiger partial charge in [0.2, 0.25) is 5.88 Å². The third-order valence-electron chi connectivity index (χ3n) is 5.09. The Hall–Kier alpha value is -3.17. The molecule has 1 heterocycles. The van der Waals surface area contributed by atoms with E-state index >= 15 is 0 Å². The molecule has 0 saturated carbocycles. The lowest BCUT2D eigenvalue weighted by Crippen LogP contribution is -2.25. The molecule has 2 aromatic carbocycles. The minimum absolute atomic E-state index is 0.0421. The maximum absolute atomic E-state index is 12.3. The molecule has 0 radical (unpaired) electrons. The highest BCUT2D eigenvalue weighted by molar-refractivity contribution is 9.10. The van der Waals surface area contributed by atoms with E-state index in [-0.39, 0.29) is 24.7 Å². The average molecular weight is 667 g/mol. The number of carbonyl (C=O) groups excluding carboxylic acids is 1. The van der Waals surface area contributed by atoms with Crippen molar-refractivity contribution in [1.82, 2.24) is 10.4 Å². The van der Waals surface area contributed by atoms with Crippen LogP contribution < -0.4 is 19.6 Å². The predicted octanol–water partition coefficient (Wildman–Crippen LogP) is 5.70. The van der Waals surface area contributed by atoms with E-state index in [0.29, 0.717) is 42.3 Å². The van der Waals surface area contributed by atoms with Gasteiger partial charge >= 0.3 is 0 Å². The van der Waals surface area contributed by atoms with Crippen molar-refractivity contribution in [2.75, 3.05) is 20.8 Å². The molecular formula is C26H23Br2ClN4O5. The molecule has 0 atom stereocenters.